The summed E-state index contributed by atoms with van der Waals surface area (Å²) in [7, 11) is 3.37. The van der Waals surface area contributed by atoms with Crippen molar-refractivity contribution in [3.05, 3.63) is 71.8 Å². The van der Waals surface area contributed by atoms with E-state index in [0.717, 1.165) is 5.56 Å². The first-order chi connectivity index (χ1) is 13.0. The van der Waals surface area contributed by atoms with E-state index in [0.29, 0.717) is 31.0 Å². The van der Waals surface area contributed by atoms with Crippen LogP contribution in [-0.2, 0) is 24.8 Å². The zero-order valence-corrected chi connectivity index (χ0v) is 15.4. The molecule has 0 saturated carbocycles. The Morgan fingerprint density at radius 2 is 1.96 bits per heavy atom. The van der Waals surface area contributed by atoms with Crippen LogP contribution in [0, 0.1) is 0 Å². The molecule has 2 heterocycles. The highest BCUT2D eigenvalue weighted by molar-refractivity contribution is 5.95. The Morgan fingerprint density at radius 3 is 2.67 bits per heavy atom. The Morgan fingerprint density at radius 1 is 1.19 bits per heavy atom. The molecule has 7 nitrogen and oxygen atoms in total. The molecule has 7 heteroatoms. The van der Waals surface area contributed by atoms with Crippen LogP contribution in [0.3, 0.4) is 0 Å². The van der Waals surface area contributed by atoms with Gasteiger partial charge in [0.1, 0.15) is 11.6 Å². The first-order valence-corrected chi connectivity index (χ1v) is 8.68. The van der Waals surface area contributed by atoms with Gasteiger partial charge in [-0.1, -0.05) is 30.3 Å². The number of furan rings is 1. The summed E-state index contributed by atoms with van der Waals surface area (Å²) in [5.74, 6) is 0.815. The molecule has 0 radical (unpaired) electrons. The van der Waals surface area contributed by atoms with Crippen LogP contribution in [0.5, 0.6) is 0 Å². The number of anilines is 1. The minimum Gasteiger partial charge on any atom is -0.467 e. The predicted octanol–water partition coefficient (Wildman–Crippen LogP) is 2.86. The Balaban J connectivity index is 1.58. The zero-order chi connectivity index (χ0) is 19.2. The van der Waals surface area contributed by atoms with Crippen LogP contribution < -0.4 is 5.32 Å². The summed E-state index contributed by atoms with van der Waals surface area (Å²) in [6.07, 6.45) is 2.58. The molecule has 27 heavy (non-hydrogen) atoms. The van der Waals surface area contributed by atoms with E-state index in [1.807, 2.05) is 30.3 Å². The maximum Gasteiger partial charge on any atom is 0.274 e. The van der Waals surface area contributed by atoms with E-state index >= 15 is 0 Å². The summed E-state index contributed by atoms with van der Waals surface area (Å²) < 4.78 is 6.75. The van der Waals surface area contributed by atoms with Crippen molar-refractivity contribution < 1.29 is 14.0 Å². The quantitative estimate of drug-likeness (QED) is 0.697. The van der Waals surface area contributed by atoms with Crippen LogP contribution in [0.2, 0.25) is 0 Å². The van der Waals surface area contributed by atoms with Crippen molar-refractivity contribution in [2.75, 3.05) is 12.4 Å². The summed E-state index contributed by atoms with van der Waals surface area (Å²) in [4.78, 5) is 26.2. The van der Waals surface area contributed by atoms with Crippen LogP contribution in [0.4, 0.5) is 5.82 Å². The molecule has 0 aliphatic heterocycles. The number of aromatic nitrogens is 2. The smallest absolute Gasteiger partial charge is 0.274 e. The van der Waals surface area contributed by atoms with Gasteiger partial charge < -0.3 is 14.6 Å². The van der Waals surface area contributed by atoms with E-state index in [1.54, 1.807) is 38.6 Å². The molecule has 0 atom stereocenters. The number of nitrogens with one attached hydrogen (secondary N) is 1. The topological polar surface area (TPSA) is 80.4 Å². The van der Waals surface area contributed by atoms with Crippen LogP contribution in [0.25, 0.3) is 0 Å². The summed E-state index contributed by atoms with van der Waals surface area (Å²) in [6.45, 7) is 0.348. The number of rotatable bonds is 7. The highest BCUT2D eigenvalue weighted by Crippen LogP contribution is 2.14. The van der Waals surface area contributed by atoms with Gasteiger partial charge in [0.15, 0.2) is 5.69 Å². The van der Waals surface area contributed by atoms with E-state index in [4.69, 9.17) is 4.42 Å². The minimum absolute atomic E-state index is 0.121. The SMILES string of the molecule is CN(Cc1ccco1)C(=O)c1cc(NC(=O)CCc2ccccc2)n(C)n1. The second-order valence-electron chi connectivity index (χ2n) is 6.31. The molecule has 1 aromatic carbocycles. The highest BCUT2D eigenvalue weighted by Gasteiger charge is 2.18. The van der Waals surface area contributed by atoms with E-state index < -0.39 is 0 Å². The van der Waals surface area contributed by atoms with Gasteiger partial charge in [-0.3, -0.25) is 14.3 Å². The fourth-order valence-electron chi connectivity index (χ4n) is 2.70. The van der Waals surface area contributed by atoms with Gasteiger partial charge in [0, 0.05) is 26.6 Å². The van der Waals surface area contributed by atoms with Crippen molar-refractivity contribution in [2.45, 2.75) is 19.4 Å². The number of benzene rings is 1. The lowest BCUT2D eigenvalue weighted by atomic mass is 10.1. The highest BCUT2D eigenvalue weighted by atomic mass is 16.3. The normalized spacial score (nSPS) is 10.6. The molecule has 1 N–H and O–H groups in total. The molecule has 140 valence electrons. The monoisotopic (exact) mass is 366 g/mol. The standard InChI is InChI=1S/C20H22N4O3/c1-23(14-16-9-6-12-27-16)20(26)17-13-18(24(2)22-17)21-19(25)11-10-15-7-4-3-5-8-15/h3-9,12-13H,10-11,14H2,1-2H3,(H,21,25). The van der Waals surface area contributed by atoms with Gasteiger partial charge in [-0.25, -0.2) is 0 Å². The average Bonchev–Trinajstić information content (AvgIpc) is 3.30. The number of carbonyl (C=O) groups excluding carboxylic acids is 2. The molecular formula is C20H22N4O3. The molecule has 0 bridgehead atoms. The zero-order valence-electron chi connectivity index (χ0n) is 15.4. The van der Waals surface area contributed by atoms with Gasteiger partial charge in [-0.2, -0.15) is 5.10 Å². The van der Waals surface area contributed by atoms with Crippen molar-refractivity contribution in [3.63, 3.8) is 0 Å². The van der Waals surface area contributed by atoms with Crippen molar-refractivity contribution in [2.24, 2.45) is 7.05 Å². The van der Waals surface area contributed by atoms with Crippen molar-refractivity contribution in [3.8, 4) is 0 Å². The molecule has 0 saturated heterocycles. The number of nitrogens with zero attached hydrogens (tertiary/aromatic N) is 3. The van der Waals surface area contributed by atoms with E-state index in [1.165, 1.54) is 9.58 Å². The van der Waals surface area contributed by atoms with E-state index in [-0.39, 0.29) is 17.5 Å². The lowest BCUT2D eigenvalue weighted by Gasteiger charge is -2.13. The number of amides is 2. The summed E-state index contributed by atoms with van der Waals surface area (Å²) in [5, 5.41) is 7.02. The lowest BCUT2D eigenvalue weighted by molar-refractivity contribution is -0.116. The molecule has 3 aromatic rings. The van der Waals surface area contributed by atoms with E-state index in [2.05, 4.69) is 10.4 Å². The van der Waals surface area contributed by atoms with Gasteiger partial charge in [-0.15, -0.1) is 0 Å². The predicted molar refractivity (Wildman–Crippen MR) is 101 cm³/mol. The van der Waals surface area contributed by atoms with Gasteiger partial charge >= 0.3 is 0 Å². The largest absolute Gasteiger partial charge is 0.467 e. The third-order valence-corrected chi connectivity index (χ3v) is 4.17. The molecule has 0 fully saturated rings. The maximum atomic E-state index is 12.5. The van der Waals surface area contributed by atoms with Gasteiger partial charge in [-0.05, 0) is 24.1 Å². The fourth-order valence-corrected chi connectivity index (χ4v) is 2.70. The van der Waals surface area contributed by atoms with Gasteiger partial charge in [0.2, 0.25) is 5.91 Å². The number of hydrogen-bond donors (Lipinski definition) is 1. The molecule has 0 spiro atoms. The molecule has 3 rings (SSSR count). The molecule has 0 aliphatic carbocycles. The summed E-state index contributed by atoms with van der Waals surface area (Å²) >= 11 is 0. The van der Waals surface area contributed by atoms with Crippen LogP contribution in [0.15, 0.2) is 59.2 Å². The van der Waals surface area contributed by atoms with Crippen molar-refractivity contribution in [1.82, 2.24) is 14.7 Å². The molecule has 2 amide bonds. The summed E-state index contributed by atoms with van der Waals surface area (Å²) in [6, 6.07) is 15.0. The molecule has 0 aliphatic rings. The first-order valence-electron chi connectivity index (χ1n) is 8.68. The summed E-state index contributed by atoms with van der Waals surface area (Å²) in [5.41, 5.74) is 1.37. The molecule has 0 unspecified atom stereocenters. The number of aryl methyl sites for hydroxylation is 2. The van der Waals surface area contributed by atoms with Crippen LogP contribution in [0.1, 0.15) is 28.2 Å². The molecular weight excluding hydrogens is 344 g/mol. The van der Waals surface area contributed by atoms with Gasteiger partial charge in [0.05, 0.1) is 12.8 Å². The fraction of sp³-hybridized carbons (Fsp3) is 0.250. The second-order valence-corrected chi connectivity index (χ2v) is 6.31. The van der Waals surface area contributed by atoms with Crippen LogP contribution in [-0.4, -0.2) is 33.5 Å². The maximum absolute atomic E-state index is 12.5. The van der Waals surface area contributed by atoms with Gasteiger partial charge in [0.25, 0.3) is 5.91 Å². The number of carbonyl (C=O) groups is 2. The Bertz CT molecular complexity index is 901. The lowest BCUT2D eigenvalue weighted by Crippen LogP contribution is -2.26. The Labute approximate surface area is 157 Å². The molecule has 2 aromatic heterocycles. The van der Waals surface area contributed by atoms with Crippen LogP contribution >= 0.6 is 0 Å². The minimum atomic E-state index is -0.244. The average molecular weight is 366 g/mol. The second kappa shape index (κ2) is 8.35. The third kappa shape index (κ3) is 4.84. The number of hydrogen-bond acceptors (Lipinski definition) is 4. The van der Waals surface area contributed by atoms with E-state index in [9.17, 15) is 9.59 Å². The van der Waals surface area contributed by atoms with Crippen molar-refractivity contribution >= 4 is 17.6 Å². The third-order valence-electron chi connectivity index (χ3n) is 4.17. The Kier molecular flexibility index (Phi) is 5.71. The first kappa shape index (κ1) is 18.4. The van der Waals surface area contributed by atoms with Crippen molar-refractivity contribution in [1.29, 1.82) is 0 Å². The Hall–Kier alpha value is -3.35.